The summed E-state index contributed by atoms with van der Waals surface area (Å²) in [6.45, 7) is 6.38. The molecule has 0 amide bonds. The molecular weight excluding hydrogens is 330 g/mol. The number of hydrogen-bond acceptors (Lipinski definition) is 7. The van der Waals surface area contributed by atoms with Crippen LogP contribution in [0.1, 0.15) is 46.0 Å². The quantitative estimate of drug-likeness (QED) is 0.466. The van der Waals surface area contributed by atoms with Gasteiger partial charge >= 0.3 is 5.97 Å². The van der Waals surface area contributed by atoms with Crippen LogP contribution in [0.2, 0.25) is 0 Å². The zero-order valence-electron chi connectivity index (χ0n) is 14.1. The minimum absolute atomic E-state index is 0.111. The number of carbonyl (C=O) groups excluding carboxylic acids is 1. The number of nitrogens with one attached hydrogen (secondary N) is 2. The van der Waals surface area contributed by atoms with Crippen molar-refractivity contribution in [1.29, 1.82) is 0 Å². The van der Waals surface area contributed by atoms with Gasteiger partial charge in [0, 0.05) is 13.1 Å². The average Bonchev–Trinajstić information content (AvgIpc) is 3.20. The van der Waals surface area contributed by atoms with Gasteiger partial charge < -0.3 is 19.9 Å². The highest BCUT2D eigenvalue weighted by Crippen LogP contribution is 2.24. The second-order valence-corrected chi connectivity index (χ2v) is 6.00. The molecule has 2 rings (SSSR count). The van der Waals surface area contributed by atoms with Crippen LogP contribution in [-0.2, 0) is 11.3 Å². The van der Waals surface area contributed by atoms with Crippen LogP contribution in [-0.4, -0.2) is 35.7 Å². The van der Waals surface area contributed by atoms with Crippen molar-refractivity contribution in [2.75, 3.05) is 13.7 Å². The van der Waals surface area contributed by atoms with Crippen molar-refractivity contribution in [3.8, 4) is 0 Å². The maximum absolute atomic E-state index is 11.9. The predicted octanol–water partition coefficient (Wildman–Crippen LogP) is 2.04. The third kappa shape index (κ3) is 4.54. The van der Waals surface area contributed by atoms with Gasteiger partial charge in [-0.25, -0.2) is 9.78 Å². The van der Waals surface area contributed by atoms with Crippen molar-refractivity contribution in [2.24, 2.45) is 4.99 Å². The van der Waals surface area contributed by atoms with Crippen LogP contribution in [0.3, 0.4) is 0 Å². The van der Waals surface area contributed by atoms with Gasteiger partial charge in [0.25, 0.3) is 0 Å². The summed E-state index contributed by atoms with van der Waals surface area (Å²) >= 11 is 1.33. The van der Waals surface area contributed by atoms with E-state index < -0.39 is 0 Å². The molecule has 0 saturated heterocycles. The molecule has 0 bridgehead atoms. The summed E-state index contributed by atoms with van der Waals surface area (Å²) in [7, 11) is 1.68. The molecule has 2 heterocycles. The lowest BCUT2D eigenvalue weighted by Gasteiger charge is -2.15. The molecule has 8 nitrogen and oxygen atoms in total. The molecule has 2 N–H and O–H groups in total. The highest BCUT2D eigenvalue weighted by molar-refractivity contribution is 7.13. The number of rotatable bonds is 6. The van der Waals surface area contributed by atoms with Gasteiger partial charge in [-0.1, -0.05) is 5.16 Å². The van der Waals surface area contributed by atoms with E-state index in [1.54, 1.807) is 27.0 Å². The number of nitrogens with zero attached hydrogens (tertiary/aromatic N) is 3. The van der Waals surface area contributed by atoms with Crippen LogP contribution < -0.4 is 10.6 Å². The zero-order chi connectivity index (χ0) is 17.5. The highest BCUT2D eigenvalue weighted by atomic mass is 32.1. The fraction of sp³-hybridized carbons (Fsp3) is 0.467. The fourth-order valence-corrected chi connectivity index (χ4v) is 2.92. The van der Waals surface area contributed by atoms with Gasteiger partial charge in [0.05, 0.1) is 24.9 Å². The molecule has 0 aromatic carbocycles. The van der Waals surface area contributed by atoms with Gasteiger partial charge in [0.1, 0.15) is 21.8 Å². The lowest BCUT2D eigenvalue weighted by Crippen LogP contribution is -2.38. The van der Waals surface area contributed by atoms with Crippen molar-refractivity contribution in [2.45, 2.75) is 33.4 Å². The molecule has 0 radical (unpaired) electrons. The van der Waals surface area contributed by atoms with Gasteiger partial charge in [0.15, 0.2) is 5.96 Å². The summed E-state index contributed by atoms with van der Waals surface area (Å²) in [5.74, 6) is 0.274. The Morgan fingerprint density at radius 2 is 2.33 bits per heavy atom. The number of guanidine groups is 1. The van der Waals surface area contributed by atoms with E-state index in [0.29, 0.717) is 29.7 Å². The van der Waals surface area contributed by atoms with E-state index in [1.807, 2.05) is 6.92 Å². The van der Waals surface area contributed by atoms with E-state index in [2.05, 4.69) is 25.8 Å². The Morgan fingerprint density at radius 1 is 1.54 bits per heavy atom. The number of hydrogen-bond donors (Lipinski definition) is 2. The van der Waals surface area contributed by atoms with E-state index in [4.69, 9.17) is 9.26 Å². The average molecular weight is 351 g/mol. The van der Waals surface area contributed by atoms with Crippen molar-refractivity contribution in [1.82, 2.24) is 20.8 Å². The number of ether oxygens (including phenoxy) is 1. The Bertz CT molecular complexity index is 696. The van der Waals surface area contributed by atoms with Gasteiger partial charge in [-0.2, -0.15) is 0 Å². The van der Waals surface area contributed by atoms with Crippen molar-refractivity contribution in [3.05, 3.63) is 33.6 Å². The van der Waals surface area contributed by atoms with E-state index >= 15 is 0 Å². The van der Waals surface area contributed by atoms with Crippen LogP contribution in [0, 0.1) is 6.92 Å². The van der Waals surface area contributed by atoms with Crippen LogP contribution in [0.4, 0.5) is 0 Å². The maximum atomic E-state index is 11.9. The Morgan fingerprint density at radius 3 is 2.96 bits per heavy atom. The number of aryl methyl sites for hydroxylation is 1. The molecule has 24 heavy (non-hydrogen) atoms. The smallest absolute Gasteiger partial charge is 0.350 e. The summed E-state index contributed by atoms with van der Waals surface area (Å²) in [6.07, 6.45) is 1.52. The molecule has 2 aromatic heterocycles. The van der Waals surface area contributed by atoms with Crippen LogP contribution in [0.5, 0.6) is 0 Å². The first-order valence-electron chi connectivity index (χ1n) is 7.56. The van der Waals surface area contributed by atoms with E-state index in [0.717, 1.165) is 10.7 Å². The molecule has 1 unspecified atom stereocenters. The lowest BCUT2D eigenvalue weighted by atomic mass is 10.3. The number of esters is 1. The summed E-state index contributed by atoms with van der Waals surface area (Å²) in [5, 5.41) is 11.0. The SMILES string of the molecule is CCOC(=O)c1sc(C(C)NC(=NC)NCc2ccon2)nc1C. The molecule has 9 heteroatoms. The van der Waals surface area contributed by atoms with Crippen LogP contribution in [0.25, 0.3) is 0 Å². The van der Waals surface area contributed by atoms with E-state index in [9.17, 15) is 4.79 Å². The lowest BCUT2D eigenvalue weighted by molar-refractivity contribution is 0.0531. The van der Waals surface area contributed by atoms with Crippen molar-refractivity contribution >= 4 is 23.3 Å². The second kappa shape index (κ2) is 8.44. The van der Waals surface area contributed by atoms with Crippen molar-refractivity contribution < 1.29 is 14.1 Å². The first kappa shape index (κ1) is 17.9. The Labute approximate surface area is 144 Å². The molecule has 0 saturated carbocycles. The maximum Gasteiger partial charge on any atom is 0.350 e. The normalized spacial score (nSPS) is 12.8. The zero-order valence-corrected chi connectivity index (χ0v) is 14.9. The van der Waals surface area contributed by atoms with E-state index in [-0.39, 0.29) is 12.0 Å². The summed E-state index contributed by atoms with van der Waals surface area (Å²) in [4.78, 5) is 21.0. The minimum atomic E-state index is -0.334. The molecule has 0 aliphatic rings. The number of thiazole rings is 1. The van der Waals surface area contributed by atoms with E-state index in [1.165, 1.54) is 17.6 Å². The number of carbonyl (C=O) groups is 1. The fourth-order valence-electron chi connectivity index (χ4n) is 1.95. The number of aliphatic imine (C=N–C) groups is 1. The topological polar surface area (TPSA) is 102 Å². The van der Waals surface area contributed by atoms with Gasteiger partial charge in [0.2, 0.25) is 0 Å². The van der Waals surface area contributed by atoms with Crippen LogP contribution >= 0.6 is 11.3 Å². The van der Waals surface area contributed by atoms with Gasteiger partial charge in [-0.15, -0.1) is 11.3 Å². The monoisotopic (exact) mass is 351 g/mol. The molecule has 1 atom stereocenters. The molecule has 0 fully saturated rings. The summed E-state index contributed by atoms with van der Waals surface area (Å²) < 4.78 is 9.83. The van der Waals surface area contributed by atoms with Gasteiger partial charge in [-0.05, 0) is 20.8 Å². The molecule has 2 aromatic rings. The summed E-state index contributed by atoms with van der Waals surface area (Å²) in [6, 6.07) is 1.67. The molecular formula is C15H21N5O3S. The molecule has 0 aliphatic heterocycles. The minimum Gasteiger partial charge on any atom is -0.462 e. The molecule has 0 aliphatic carbocycles. The van der Waals surface area contributed by atoms with Crippen molar-refractivity contribution in [3.63, 3.8) is 0 Å². The first-order valence-corrected chi connectivity index (χ1v) is 8.37. The largest absolute Gasteiger partial charge is 0.462 e. The first-order chi connectivity index (χ1) is 11.5. The highest BCUT2D eigenvalue weighted by Gasteiger charge is 2.20. The Balaban J connectivity index is 1.98. The molecule has 130 valence electrons. The number of aromatic nitrogens is 2. The molecule has 0 spiro atoms. The third-order valence-corrected chi connectivity index (χ3v) is 4.47. The standard InChI is InChI=1S/C15H21N5O3S/c1-5-22-14(21)12-9(2)18-13(24-12)10(3)19-15(16-4)17-8-11-6-7-23-20-11/h6-7,10H,5,8H2,1-4H3,(H2,16,17,19). The summed E-state index contributed by atoms with van der Waals surface area (Å²) in [5.41, 5.74) is 1.45. The van der Waals surface area contributed by atoms with Crippen LogP contribution in [0.15, 0.2) is 21.8 Å². The second-order valence-electron chi connectivity index (χ2n) is 4.97. The van der Waals surface area contributed by atoms with Gasteiger partial charge in [-0.3, -0.25) is 4.99 Å². The predicted molar refractivity (Wildman–Crippen MR) is 91.1 cm³/mol. The Kier molecular flexibility index (Phi) is 6.30. The Hall–Kier alpha value is -2.42. The third-order valence-electron chi connectivity index (χ3n) is 3.15.